The highest BCUT2D eigenvalue weighted by Crippen LogP contribution is 2.27. The summed E-state index contributed by atoms with van der Waals surface area (Å²) in [5.74, 6) is -0.686. The van der Waals surface area contributed by atoms with Crippen LogP contribution in [0.25, 0.3) is 0 Å². The van der Waals surface area contributed by atoms with Crippen molar-refractivity contribution in [2.24, 2.45) is 0 Å². The predicted molar refractivity (Wildman–Crippen MR) is 99.9 cm³/mol. The molecule has 0 aliphatic heterocycles. The van der Waals surface area contributed by atoms with Crippen LogP contribution >= 0.6 is 0 Å². The number of hydrogen-bond donors (Lipinski definition) is 0. The Morgan fingerprint density at radius 3 is 1.50 bits per heavy atom. The molecule has 130 valence electrons. The topological polar surface area (TPSA) is 34.1 Å². The van der Waals surface area contributed by atoms with Gasteiger partial charge in [-0.1, -0.05) is 72.8 Å². The first kappa shape index (κ1) is 17.7. The van der Waals surface area contributed by atoms with E-state index < -0.39 is 0 Å². The Labute approximate surface area is 152 Å². The van der Waals surface area contributed by atoms with Crippen LogP contribution in [-0.2, 0) is 0 Å². The van der Waals surface area contributed by atoms with Crippen molar-refractivity contribution >= 4 is 11.6 Å². The van der Waals surface area contributed by atoms with Crippen molar-refractivity contribution < 1.29 is 14.0 Å². The lowest BCUT2D eigenvalue weighted by atomic mass is 9.86. The Kier molecular flexibility index (Phi) is 5.69. The molecule has 3 aromatic carbocycles. The van der Waals surface area contributed by atoms with Gasteiger partial charge in [0, 0.05) is 24.0 Å². The van der Waals surface area contributed by atoms with Crippen LogP contribution in [0.1, 0.15) is 45.0 Å². The molecule has 0 aromatic heterocycles. The van der Waals surface area contributed by atoms with Crippen molar-refractivity contribution in [2.75, 3.05) is 0 Å². The van der Waals surface area contributed by atoms with Crippen molar-refractivity contribution in [3.8, 4) is 0 Å². The van der Waals surface area contributed by atoms with E-state index in [9.17, 15) is 14.0 Å². The molecule has 0 saturated heterocycles. The van der Waals surface area contributed by atoms with E-state index >= 15 is 0 Å². The van der Waals surface area contributed by atoms with Gasteiger partial charge in [-0.15, -0.1) is 0 Å². The summed E-state index contributed by atoms with van der Waals surface area (Å²) in [5, 5.41) is 0. The quantitative estimate of drug-likeness (QED) is 0.533. The molecule has 0 atom stereocenters. The van der Waals surface area contributed by atoms with Gasteiger partial charge in [0.25, 0.3) is 0 Å². The molecule has 0 amide bonds. The number of carbonyl (C=O) groups is 2. The lowest BCUT2D eigenvalue weighted by molar-refractivity contribution is 0.0944. The van der Waals surface area contributed by atoms with Crippen LogP contribution in [0, 0.1) is 5.82 Å². The summed E-state index contributed by atoms with van der Waals surface area (Å²) in [7, 11) is 0. The van der Waals surface area contributed by atoms with Crippen LogP contribution in [0.5, 0.6) is 0 Å². The first-order chi connectivity index (χ1) is 12.6. The summed E-state index contributed by atoms with van der Waals surface area (Å²) in [6.07, 6.45) is 0.405. The second kappa shape index (κ2) is 8.34. The van der Waals surface area contributed by atoms with Gasteiger partial charge >= 0.3 is 0 Å². The fourth-order valence-corrected chi connectivity index (χ4v) is 2.97. The van der Waals surface area contributed by atoms with Gasteiger partial charge in [0.05, 0.1) is 0 Å². The molecule has 3 rings (SSSR count). The number of ketones is 2. The van der Waals surface area contributed by atoms with Crippen LogP contribution in [0.4, 0.5) is 4.39 Å². The summed E-state index contributed by atoms with van der Waals surface area (Å²) >= 11 is 0. The highest BCUT2D eigenvalue weighted by atomic mass is 19.1. The Bertz CT molecular complexity index is 818. The third-order valence-electron chi connectivity index (χ3n) is 4.40. The summed E-state index contributed by atoms with van der Waals surface area (Å²) in [6, 6.07) is 24.1. The standard InChI is InChI=1S/C23H19FO2/c24-21-13-11-17(12-14-21)20(15-22(25)18-7-3-1-4-8-18)16-23(26)19-9-5-2-6-10-19/h1-14,20H,15-16H2. The van der Waals surface area contributed by atoms with E-state index in [1.807, 2.05) is 36.4 Å². The van der Waals surface area contributed by atoms with E-state index in [1.165, 1.54) is 12.1 Å². The average molecular weight is 346 g/mol. The van der Waals surface area contributed by atoms with Crippen molar-refractivity contribution in [3.63, 3.8) is 0 Å². The predicted octanol–water partition coefficient (Wildman–Crippen LogP) is 5.46. The van der Waals surface area contributed by atoms with Gasteiger partial charge < -0.3 is 0 Å². The van der Waals surface area contributed by atoms with E-state index in [0.29, 0.717) is 11.1 Å². The molecule has 2 nitrogen and oxygen atoms in total. The fraction of sp³-hybridized carbons (Fsp3) is 0.130. The highest BCUT2D eigenvalue weighted by Gasteiger charge is 2.21. The number of carbonyl (C=O) groups excluding carboxylic acids is 2. The van der Waals surface area contributed by atoms with Gasteiger partial charge in [-0.25, -0.2) is 4.39 Å². The van der Waals surface area contributed by atoms with Crippen LogP contribution in [-0.4, -0.2) is 11.6 Å². The zero-order chi connectivity index (χ0) is 18.4. The monoisotopic (exact) mass is 346 g/mol. The largest absolute Gasteiger partial charge is 0.294 e. The summed E-state index contributed by atoms with van der Waals surface area (Å²) in [6.45, 7) is 0. The number of hydrogen-bond acceptors (Lipinski definition) is 2. The van der Waals surface area contributed by atoms with E-state index in [-0.39, 0.29) is 36.1 Å². The highest BCUT2D eigenvalue weighted by molar-refractivity contribution is 5.99. The fourth-order valence-electron chi connectivity index (χ4n) is 2.97. The van der Waals surface area contributed by atoms with E-state index in [4.69, 9.17) is 0 Å². The van der Waals surface area contributed by atoms with Gasteiger partial charge in [-0.2, -0.15) is 0 Å². The zero-order valence-corrected chi connectivity index (χ0v) is 14.3. The molecule has 0 saturated carbocycles. The van der Waals surface area contributed by atoms with Crippen LogP contribution in [0.15, 0.2) is 84.9 Å². The second-order valence-electron chi connectivity index (χ2n) is 6.24. The number of Topliss-reactive ketones (excluding diaryl/α,β-unsaturated/α-hetero) is 2. The third kappa shape index (κ3) is 4.51. The lowest BCUT2D eigenvalue weighted by Gasteiger charge is -2.16. The lowest BCUT2D eigenvalue weighted by Crippen LogP contribution is -2.13. The minimum absolute atomic E-state index is 0.0270. The molecule has 3 aromatic rings. The first-order valence-electron chi connectivity index (χ1n) is 8.55. The van der Waals surface area contributed by atoms with E-state index in [1.54, 1.807) is 36.4 Å². The van der Waals surface area contributed by atoms with Crippen molar-refractivity contribution in [1.29, 1.82) is 0 Å². The van der Waals surface area contributed by atoms with Gasteiger partial charge in [0.2, 0.25) is 0 Å². The van der Waals surface area contributed by atoms with Crippen LogP contribution in [0.2, 0.25) is 0 Å². The molecule has 0 unspecified atom stereocenters. The molecular formula is C23H19FO2. The van der Waals surface area contributed by atoms with Gasteiger partial charge in [-0.3, -0.25) is 9.59 Å². The number of benzene rings is 3. The molecule has 0 bridgehead atoms. The molecule has 0 N–H and O–H groups in total. The maximum atomic E-state index is 13.3. The molecule has 0 heterocycles. The van der Waals surface area contributed by atoms with Crippen molar-refractivity contribution in [3.05, 3.63) is 107 Å². The van der Waals surface area contributed by atoms with Crippen molar-refractivity contribution in [1.82, 2.24) is 0 Å². The Morgan fingerprint density at radius 1 is 0.654 bits per heavy atom. The van der Waals surface area contributed by atoms with E-state index in [2.05, 4.69) is 0 Å². The minimum Gasteiger partial charge on any atom is -0.294 e. The summed E-state index contributed by atoms with van der Waals surface area (Å²) in [4.78, 5) is 25.3. The molecule has 26 heavy (non-hydrogen) atoms. The Morgan fingerprint density at radius 2 is 1.08 bits per heavy atom. The maximum absolute atomic E-state index is 13.3. The maximum Gasteiger partial charge on any atom is 0.163 e. The minimum atomic E-state index is -0.337. The van der Waals surface area contributed by atoms with Gasteiger partial charge in [-0.05, 0) is 23.6 Å². The summed E-state index contributed by atoms with van der Waals surface area (Å²) in [5.41, 5.74) is 2.03. The smallest absolute Gasteiger partial charge is 0.163 e. The zero-order valence-electron chi connectivity index (χ0n) is 14.3. The number of halogens is 1. The average Bonchev–Trinajstić information content (AvgIpc) is 2.69. The third-order valence-corrected chi connectivity index (χ3v) is 4.40. The molecule has 3 heteroatoms. The first-order valence-corrected chi connectivity index (χ1v) is 8.55. The molecule has 0 aliphatic rings. The van der Waals surface area contributed by atoms with Crippen LogP contribution in [0.3, 0.4) is 0 Å². The Hall–Kier alpha value is -3.07. The summed E-state index contributed by atoms with van der Waals surface area (Å²) < 4.78 is 13.3. The second-order valence-corrected chi connectivity index (χ2v) is 6.24. The molecule has 0 spiro atoms. The SMILES string of the molecule is O=C(CC(CC(=O)c1ccccc1)c1ccc(F)cc1)c1ccccc1. The Balaban J connectivity index is 1.83. The normalized spacial score (nSPS) is 10.7. The number of rotatable bonds is 7. The van der Waals surface area contributed by atoms with Gasteiger partial charge in [0.1, 0.15) is 5.82 Å². The van der Waals surface area contributed by atoms with Crippen LogP contribution < -0.4 is 0 Å². The van der Waals surface area contributed by atoms with Crippen molar-refractivity contribution in [2.45, 2.75) is 18.8 Å². The van der Waals surface area contributed by atoms with Gasteiger partial charge in [0.15, 0.2) is 11.6 Å². The molecule has 0 radical (unpaired) electrons. The molecular weight excluding hydrogens is 327 g/mol. The molecule has 0 aliphatic carbocycles. The molecule has 0 fully saturated rings. The van der Waals surface area contributed by atoms with E-state index in [0.717, 1.165) is 5.56 Å².